The molecule has 8 heteroatoms. The fourth-order valence-electron chi connectivity index (χ4n) is 2.70. The van der Waals surface area contributed by atoms with E-state index in [0.717, 1.165) is 34.9 Å². The Morgan fingerprint density at radius 2 is 1.88 bits per heavy atom. The van der Waals surface area contributed by atoms with Gasteiger partial charge in [0.25, 0.3) is 5.82 Å². The molecule has 1 aromatic carbocycles. The van der Waals surface area contributed by atoms with Gasteiger partial charge in [-0.05, 0) is 32.0 Å². The molecule has 0 fully saturated rings. The summed E-state index contributed by atoms with van der Waals surface area (Å²) in [6.45, 7) is 4.22. The van der Waals surface area contributed by atoms with Crippen LogP contribution in [0.25, 0.3) is 5.69 Å². The van der Waals surface area contributed by atoms with Crippen molar-refractivity contribution in [3.63, 3.8) is 0 Å². The number of halogens is 4. The number of pyridine rings is 1. The zero-order valence-corrected chi connectivity index (χ0v) is 14.9. The minimum absolute atomic E-state index is 0.0226. The second-order valence-corrected chi connectivity index (χ2v) is 6.27. The molecule has 136 valence electrons. The molecule has 0 aliphatic carbocycles. The van der Waals surface area contributed by atoms with Crippen molar-refractivity contribution in [1.29, 1.82) is 0 Å². The number of rotatable bonds is 4. The Bertz CT molecular complexity index is 920. The molecule has 0 aliphatic rings. The number of para-hydroxylation sites is 1. The predicted octanol–water partition coefficient (Wildman–Crippen LogP) is 4.59. The highest BCUT2D eigenvalue weighted by atomic mass is 35.5. The molecule has 0 unspecified atom stereocenters. The van der Waals surface area contributed by atoms with E-state index >= 15 is 0 Å². The van der Waals surface area contributed by atoms with Crippen molar-refractivity contribution in [2.45, 2.75) is 26.6 Å². The molecular weight excluding hydrogens is 365 g/mol. The van der Waals surface area contributed by atoms with E-state index < -0.39 is 11.7 Å². The topological polar surface area (TPSA) is 44.0 Å². The molecule has 0 saturated carbocycles. The molecule has 0 atom stereocenters. The first-order chi connectivity index (χ1) is 12.3. The maximum Gasteiger partial charge on any atom is 0.419 e. The molecule has 3 aromatic rings. The first-order valence-corrected chi connectivity index (χ1v) is 8.28. The van der Waals surface area contributed by atoms with Crippen LogP contribution in [0.4, 0.5) is 19.0 Å². The molecule has 2 N–H and O–H groups in total. The lowest BCUT2D eigenvalue weighted by Gasteiger charge is -2.07. The van der Waals surface area contributed by atoms with E-state index in [2.05, 4.69) is 15.4 Å². The van der Waals surface area contributed by atoms with Gasteiger partial charge >= 0.3 is 6.18 Å². The standard InChI is InChI=1S/C18H16ClF3N4/c1-11-15(12(2)26(25-11)14-6-4-3-5-7-14)10-24-17-16(19)8-13(9-23-17)18(20,21)22/h3-9H,10H2,1-2H3,(H,23,24)/p+1. The van der Waals surface area contributed by atoms with Gasteiger partial charge in [0.15, 0.2) is 0 Å². The largest absolute Gasteiger partial charge is 0.419 e. The molecule has 2 aromatic heterocycles. The lowest BCUT2D eigenvalue weighted by molar-refractivity contribution is -0.364. The van der Waals surface area contributed by atoms with E-state index in [4.69, 9.17) is 11.6 Å². The van der Waals surface area contributed by atoms with Crippen LogP contribution in [0.3, 0.4) is 0 Å². The fraction of sp³-hybridized carbons (Fsp3) is 0.222. The fourth-order valence-corrected chi connectivity index (χ4v) is 2.94. The molecular formula is C18H17ClF3N4+. The minimum atomic E-state index is -4.44. The van der Waals surface area contributed by atoms with E-state index in [9.17, 15) is 13.2 Å². The van der Waals surface area contributed by atoms with Gasteiger partial charge in [0.05, 0.1) is 16.9 Å². The normalized spacial score (nSPS) is 11.6. The van der Waals surface area contributed by atoms with Gasteiger partial charge in [0, 0.05) is 11.3 Å². The van der Waals surface area contributed by atoms with Crippen LogP contribution in [0.5, 0.6) is 0 Å². The Labute approximate surface area is 153 Å². The maximum atomic E-state index is 12.7. The first kappa shape index (κ1) is 18.3. The molecule has 0 spiro atoms. The van der Waals surface area contributed by atoms with E-state index in [0.29, 0.717) is 12.4 Å². The van der Waals surface area contributed by atoms with Crippen molar-refractivity contribution >= 4 is 17.4 Å². The summed E-state index contributed by atoms with van der Waals surface area (Å²) in [5.74, 6) is 0.325. The van der Waals surface area contributed by atoms with Gasteiger partial charge in [-0.1, -0.05) is 29.8 Å². The van der Waals surface area contributed by atoms with Gasteiger partial charge in [-0.25, -0.2) is 9.67 Å². The van der Waals surface area contributed by atoms with Crippen molar-refractivity contribution in [1.82, 2.24) is 9.78 Å². The van der Waals surface area contributed by atoms with E-state index in [1.54, 1.807) is 0 Å². The molecule has 2 heterocycles. The Hall–Kier alpha value is -2.54. The Morgan fingerprint density at radius 1 is 1.19 bits per heavy atom. The molecule has 4 nitrogen and oxygen atoms in total. The smallest absolute Gasteiger partial charge is 0.269 e. The highest BCUT2D eigenvalue weighted by molar-refractivity contribution is 6.32. The highest BCUT2D eigenvalue weighted by Crippen LogP contribution is 2.31. The van der Waals surface area contributed by atoms with E-state index in [1.165, 1.54) is 0 Å². The van der Waals surface area contributed by atoms with Crippen LogP contribution >= 0.6 is 11.6 Å². The summed E-state index contributed by atoms with van der Waals surface area (Å²) in [5, 5.41) is 7.57. The average Bonchev–Trinajstić information content (AvgIpc) is 2.88. The third kappa shape index (κ3) is 3.67. The summed E-state index contributed by atoms with van der Waals surface area (Å²) in [5.41, 5.74) is 2.86. The van der Waals surface area contributed by atoms with Gasteiger partial charge in [-0.2, -0.15) is 18.3 Å². The van der Waals surface area contributed by atoms with E-state index in [1.807, 2.05) is 48.9 Å². The van der Waals surface area contributed by atoms with Crippen LogP contribution in [0.1, 0.15) is 22.5 Å². The van der Waals surface area contributed by atoms with Crippen molar-refractivity contribution in [3.05, 3.63) is 70.1 Å². The van der Waals surface area contributed by atoms with Crippen molar-refractivity contribution in [2.24, 2.45) is 0 Å². The minimum Gasteiger partial charge on any atom is -0.269 e. The second-order valence-electron chi connectivity index (χ2n) is 5.86. The van der Waals surface area contributed by atoms with Gasteiger partial charge in [-0.3, -0.25) is 5.32 Å². The van der Waals surface area contributed by atoms with Crippen LogP contribution in [-0.2, 0) is 12.7 Å². The summed E-state index contributed by atoms with van der Waals surface area (Å²) in [6.07, 6.45) is -3.55. The lowest BCUT2D eigenvalue weighted by Crippen LogP contribution is -2.18. The maximum absolute atomic E-state index is 12.7. The SMILES string of the molecule is Cc1nn(-c2ccccc2)c(C)c1CNc1[nH+]cc(C(F)(F)F)cc1Cl. The average molecular weight is 382 g/mol. The first-order valence-electron chi connectivity index (χ1n) is 7.90. The van der Waals surface area contributed by atoms with Gasteiger partial charge < -0.3 is 0 Å². The van der Waals surface area contributed by atoms with E-state index in [-0.39, 0.29) is 5.02 Å². The number of benzene rings is 1. The van der Waals surface area contributed by atoms with Crippen molar-refractivity contribution in [2.75, 3.05) is 5.32 Å². The zero-order chi connectivity index (χ0) is 18.9. The third-order valence-electron chi connectivity index (χ3n) is 4.10. The Morgan fingerprint density at radius 3 is 2.50 bits per heavy atom. The van der Waals surface area contributed by atoms with Crippen LogP contribution < -0.4 is 10.3 Å². The Balaban J connectivity index is 1.82. The number of nitrogens with zero attached hydrogens (tertiary/aromatic N) is 2. The summed E-state index contributed by atoms with van der Waals surface area (Å²) in [7, 11) is 0. The number of alkyl halides is 3. The molecule has 0 saturated heterocycles. The Kier molecular flexibility index (Phi) is 4.91. The number of hydrogen-bond acceptors (Lipinski definition) is 2. The number of anilines is 1. The number of hydrogen-bond donors (Lipinski definition) is 1. The number of H-pyrrole nitrogens is 1. The quantitative estimate of drug-likeness (QED) is 0.718. The second kappa shape index (κ2) is 6.99. The molecule has 0 radical (unpaired) electrons. The summed E-state index contributed by atoms with van der Waals surface area (Å²) in [6, 6.07) is 10.6. The molecule has 26 heavy (non-hydrogen) atoms. The zero-order valence-electron chi connectivity index (χ0n) is 14.2. The van der Waals surface area contributed by atoms with Crippen LogP contribution in [0, 0.1) is 13.8 Å². The third-order valence-corrected chi connectivity index (χ3v) is 4.40. The number of aromatic nitrogens is 3. The van der Waals surface area contributed by atoms with Crippen LogP contribution in [0.2, 0.25) is 5.02 Å². The molecule has 0 bridgehead atoms. The van der Waals surface area contributed by atoms with Gasteiger partial charge in [-0.15, -0.1) is 0 Å². The predicted molar refractivity (Wildman–Crippen MR) is 93.4 cm³/mol. The monoisotopic (exact) mass is 381 g/mol. The summed E-state index contributed by atoms with van der Waals surface area (Å²) >= 11 is 5.97. The highest BCUT2D eigenvalue weighted by Gasteiger charge is 2.33. The number of aryl methyl sites for hydroxylation is 1. The number of nitrogens with one attached hydrogen (secondary N) is 2. The number of aromatic amines is 1. The lowest BCUT2D eigenvalue weighted by atomic mass is 10.2. The molecule has 0 amide bonds. The van der Waals surface area contributed by atoms with Gasteiger partial charge in [0.2, 0.25) is 0 Å². The van der Waals surface area contributed by atoms with Crippen molar-refractivity contribution < 1.29 is 18.2 Å². The molecule has 0 aliphatic heterocycles. The van der Waals surface area contributed by atoms with Gasteiger partial charge in [0.1, 0.15) is 17.8 Å². The summed E-state index contributed by atoms with van der Waals surface area (Å²) in [4.78, 5) is 2.57. The van der Waals surface area contributed by atoms with Crippen LogP contribution in [-0.4, -0.2) is 9.78 Å². The van der Waals surface area contributed by atoms with Crippen molar-refractivity contribution in [3.8, 4) is 5.69 Å². The van der Waals surface area contributed by atoms with Crippen LogP contribution in [0.15, 0.2) is 42.6 Å². The molecule has 3 rings (SSSR count). The summed E-state index contributed by atoms with van der Waals surface area (Å²) < 4.78 is 40.0.